The average molecular weight is 345 g/mol. The summed E-state index contributed by atoms with van der Waals surface area (Å²) < 4.78 is 11.4. The second-order valence-electron chi connectivity index (χ2n) is 6.79. The van der Waals surface area contributed by atoms with Gasteiger partial charge in [-0.25, -0.2) is 0 Å². The molecule has 2 heteroatoms. The fourth-order valence-electron chi connectivity index (χ4n) is 3.42. The van der Waals surface area contributed by atoms with Gasteiger partial charge in [0.2, 0.25) is 0 Å². The maximum atomic E-state index is 5.71. The van der Waals surface area contributed by atoms with Crippen LogP contribution in [0.15, 0.2) is 36.4 Å². The number of rotatable bonds is 7. The highest BCUT2D eigenvalue weighted by molar-refractivity contribution is 5.52. The van der Waals surface area contributed by atoms with E-state index in [4.69, 9.17) is 9.47 Å². The maximum Gasteiger partial charge on any atom is 0.126 e. The third-order valence-corrected chi connectivity index (χ3v) is 4.62. The van der Waals surface area contributed by atoms with Crippen molar-refractivity contribution in [2.75, 3.05) is 14.2 Å². The first-order chi connectivity index (χ1) is 12.1. The number of benzene rings is 1. The largest absolute Gasteiger partial charge is 0.496 e. The molecule has 25 heavy (non-hydrogen) atoms. The van der Waals surface area contributed by atoms with Gasteiger partial charge in [-0.1, -0.05) is 37.5 Å². The fourth-order valence-corrected chi connectivity index (χ4v) is 3.42. The summed E-state index contributed by atoms with van der Waals surface area (Å²) in [5, 5.41) is 0. The van der Waals surface area contributed by atoms with Gasteiger partial charge in [0.25, 0.3) is 0 Å². The van der Waals surface area contributed by atoms with Crippen LogP contribution >= 0.6 is 0 Å². The summed E-state index contributed by atoms with van der Waals surface area (Å²) in [6, 6.07) is 4.43. The zero-order valence-corrected chi connectivity index (χ0v) is 16.9. The summed E-state index contributed by atoms with van der Waals surface area (Å²) in [7, 11) is 3.54. The van der Waals surface area contributed by atoms with E-state index in [0.717, 1.165) is 17.9 Å². The predicted molar refractivity (Wildman–Crippen MR) is 109 cm³/mol. The van der Waals surface area contributed by atoms with Crippen molar-refractivity contribution in [1.29, 1.82) is 0 Å². The quantitative estimate of drug-likeness (QED) is 0.398. The van der Waals surface area contributed by atoms with E-state index < -0.39 is 0 Å². The molecule has 0 radical (unpaired) electrons. The molecule has 0 aromatic heterocycles. The van der Waals surface area contributed by atoms with Crippen molar-refractivity contribution in [3.8, 4) is 11.5 Å². The molecule has 140 valence electrons. The molecule has 2 nitrogen and oxygen atoms in total. The van der Waals surface area contributed by atoms with Gasteiger partial charge in [0.15, 0.2) is 0 Å². The summed E-state index contributed by atoms with van der Waals surface area (Å²) in [6.07, 6.45) is 12.6. The second kappa shape index (κ2) is 11.8. The minimum absolute atomic E-state index is 0.420. The van der Waals surface area contributed by atoms with Gasteiger partial charge in [-0.2, -0.15) is 0 Å². The lowest BCUT2D eigenvalue weighted by molar-refractivity contribution is 0.378. The van der Waals surface area contributed by atoms with Crippen molar-refractivity contribution < 1.29 is 9.47 Å². The predicted octanol–water partition coefficient (Wildman–Crippen LogP) is 6.84. The van der Waals surface area contributed by atoms with E-state index in [2.05, 4.69) is 38.6 Å². The molecule has 0 heterocycles. The van der Waals surface area contributed by atoms with Crippen molar-refractivity contribution in [2.24, 2.45) is 0 Å². The lowest BCUT2D eigenvalue weighted by Crippen LogP contribution is -2.07. The first-order valence-corrected chi connectivity index (χ1v) is 9.60. The standard InChI is InChI=1S/C20H30O2.C3H6/c1-5-6-7-10-16-13-18(21-3)20(19(14-16)22-4)17-11-8-9-15(2)12-17;1-3-2/h12-14,17H,5-11H2,1-4H3;3H,1H2,2H3/t17-;/m0./s1. The average Bonchev–Trinajstić information content (AvgIpc) is 2.61. The van der Waals surface area contributed by atoms with Crippen LogP contribution in [-0.4, -0.2) is 14.2 Å². The molecule has 2 rings (SSSR count). The highest BCUT2D eigenvalue weighted by Gasteiger charge is 2.22. The van der Waals surface area contributed by atoms with E-state index in [1.54, 1.807) is 20.3 Å². The number of unbranched alkanes of at least 4 members (excludes halogenated alkanes) is 2. The van der Waals surface area contributed by atoms with Crippen molar-refractivity contribution in [2.45, 2.75) is 71.6 Å². The molecule has 0 saturated heterocycles. The van der Waals surface area contributed by atoms with Gasteiger partial charge in [-0.15, -0.1) is 6.58 Å². The molecule has 1 aliphatic carbocycles. The van der Waals surface area contributed by atoms with Crippen LogP contribution in [0.3, 0.4) is 0 Å². The molecule has 1 aromatic carbocycles. The van der Waals surface area contributed by atoms with Crippen LogP contribution in [0.4, 0.5) is 0 Å². The number of methoxy groups -OCH3 is 2. The van der Waals surface area contributed by atoms with Gasteiger partial charge < -0.3 is 9.47 Å². The van der Waals surface area contributed by atoms with Gasteiger partial charge in [0.1, 0.15) is 11.5 Å². The maximum absolute atomic E-state index is 5.71. The summed E-state index contributed by atoms with van der Waals surface area (Å²) in [4.78, 5) is 0. The molecule has 0 fully saturated rings. The van der Waals surface area contributed by atoms with Crippen LogP contribution in [0.2, 0.25) is 0 Å². The Balaban J connectivity index is 0.000000970. The van der Waals surface area contributed by atoms with Crippen LogP contribution < -0.4 is 9.47 Å². The molecule has 0 saturated carbocycles. The number of hydrogen-bond donors (Lipinski definition) is 0. The van der Waals surface area contributed by atoms with Crippen LogP contribution in [0.25, 0.3) is 0 Å². The Kier molecular flexibility index (Phi) is 10.1. The van der Waals surface area contributed by atoms with Gasteiger partial charge >= 0.3 is 0 Å². The number of allylic oxidation sites excluding steroid dienone is 3. The van der Waals surface area contributed by atoms with E-state index >= 15 is 0 Å². The summed E-state index contributed by atoms with van der Waals surface area (Å²) in [6.45, 7) is 9.71. The minimum Gasteiger partial charge on any atom is -0.496 e. The van der Waals surface area contributed by atoms with Gasteiger partial charge in [0.05, 0.1) is 14.2 Å². The van der Waals surface area contributed by atoms with Crippen molar-refractivity contribution >= 4 is 0 Å². The lowest BCUT2D eigenvalue weighted by Gasteiger charge is -2.24. The van der Waals surface area contributed by atoms with E-state index in [9.17, 15) is 0 Å². The van der Waals surface area contributed by atoms with E-state index in [0.29, 0.717) is 5.92 Å². The first-order valence-electron chi connectivity index (χ1n) is 9.60. The summed E-state index contributed by atoms with van der Waals surface area (Å²) in [5.41, 5.74) is 4.03. The summed E-state index contributed by atoms with van der Waals surface area (Å²) >= 11 is 0. The highest BCUT2D eigenvalue weighted by atomic mass is 16.5. The van der Waals surface area contributed by atoms with Gasteiger partial charge in [-0.05, 0) is 63.6 Å². The third kappa shape index (κ3) is 6.61. The lowest BCUT2D eigenvalue weighted by atomic mass is 9.84. The second-order valence-corrected chi connectivity index (χ2v) is 6.79. The fraction of sp³-hybridized carbons (Fsp3) is 0.565. The highest BCUT2D eigenvalue weighted by Crippen LogP contribution is 2.42. The van der Waals surface area contributed by atoms with Gasteiger partial charge in [-0.3, -0.25) is 0 Å². The molecule has 0 unspecified atom stereocenters. The molecular formula is C23H36O2. The Labute approximate surface area is 154 Å². The smallest absolute Gasteiger partial charge is 0.126 e. The Morgan fingerprint density at radius 3 is 2.24 bits per heavy atom. The van der Waals surface area contributed by atoms with Crippen molar-refractivity contribution in [3.63, 3.8) is 0 Å². The minimum atomic E-state index is 0.420. The number of aryl methyl sites for hydroxylation is 1. The molecular weight excluding hydrogens is 308 g/mol. The van der Waals surface area contributed by atoms with E-state index in [1.807, 2.05) is 6.92 Å². The molecule has 0 amide bonds. The molecule has 0 aliphatic heterocycles. The molecule has 0 spiro atoms. The monoisotopic (exact) mass is 344 g/mol. The SMILES string of the molecule is C=CC.CCCCCc1cc(OC)c([C@@H]2C=C(C)CCC2)c(OC)c1. The molecule has 1 aliphatic rings. The van der Waals surface area contributed by atoms with E-state index in [1.165, 1.54) is 55.2 Å². The number of hydrogen-bond acceptors (Lipinski definition) is 2. The third-order valence-electron chi connectivity index (χ3n) is 4.62. The topological polar surface area (TPSA) is 18.5 Å². The Bertz CT molecular complexity index is 532. The number of ether oxygens (including phenoxy) is 2. The Hall–Kier alpha value is -1.70. The first kappa shape index (κ1) is 21.3. The van der Waals surface area contributed by atoms with Gasteiger partial charge in [0, 0.05) is 11.5 Å². The Morgan fingerprint density at radius 1 is 1.16 bits per heavy atom. The van der Waals surface area contributed by atoms with E-state index in [-0.39, 0.29) is 0 Å². The van der Waals surface area contributed by atoms with Crippen LogP contribution in [0.1, 0.15) is 76.3 Å². The molecule has 1 aromatic rings. The Morgan fingerprint density at radius 2 is 1.76 bits per heavy atom. The molecule has 0 bridgehead atoms. The summed E-state index contributed by atoms with van der Waals surface area (Å²) in [5.74, 6) is 2.40. The molecule has 0 N–H and O–H groups in total. The van der Waals surface area contributed by atoms with Crippen LogP contribution in [-0.2, 0) is 6.42 Å². The zero-order valence-electron chi connectivity index (χ0n) is 16.9. The van der Waals surface area contributed by atoms with Crippen molar-refractivity contribution in [1.82, 2.24) is 0 Å². The van der Waals surface area contributed by atoms with Crippen LogP contribution in [0.5, 0.6) is 11.5 Å². The van der Waals surface area contributed by atoms with Crippen molar-refractivity contribution in [3.05, 3.63) is 47.6 Å². The molecule has 1 atom stereocenters. The normalized spacial score (nSPS) is 16.4. The van der Waals surface area contributed by atoms with Crippen LogP contribution in [0, 0.1) is 0 Å². The zero-order chi connectivity index (χ0) is 18.7.